The number of ketones is 1. The van der Waals surface area contributed by atoms with Crippen molar-refractivity contribution in [3.8, 4) is 0 Å². The van der Waals surface area contributed by atoms with Gasteiger partial charge in [0.2, 0.25) is 0 Å². The predicted octanol–water partition coefficient (Wildman–Crippen LogP) is 6.17. The molecule has 2 heteroatoms. The predicted molar refractivity (Wildman–Crippen MR) is 119 cm³/mol. The normalized spacial score (nSPS) is 13.1. The fourth-order valence-electron chi connectivity index (χ4n) is 3.63. The minimum atomic E-state index is -0.790. The Morgan fingerprint density at radius 2 is 1.21 bits per heavy atom. The molecule has 0 saturated carbocycles. The van der Waals surface area contributed by atoms with Crippen LogP contribution in [-0.4, -0.2) is 12.4 Å². The number of carbonyl (C=O) groups is 1. The van der Waals surface area contributed by atoms with Crippen LogP contribution in [0.1, 0.15) is 37.5 Å². The Morgan fingerprint density at radius 1 is 0.828 bits per heavy atom. The average molecular weight is 385 g/mol. The van der Waals surface area contributed by atoms with Crippen molar-refractivity contribution < 1.29 is 9.53 Å². The first-order chi connectivity index (χ1) is 14.1. The lowest BCUT2D eigenvalue weighted by molar-refractivity contribution is -0.122. The highest BCUT2D eigenvalue weighted by Gasteiger charge is 2.38. The van der Waals surface area contributed by atoms with Crippen molar-refractivity contribution in [1.82, 2.24) is 0 Å². The smallest absolute Gasteiger partial charge is 0.163 e. The summed E-state index contributed by atoms with van der Waals surface area (Å²) in [6.45, 7) is 6.00. The van der Waals surface area contributed by atoms with Crippen LogP contribution in [-0.2, 0) is 15.1 Å². The molecule has 29 heavy (non-hydrogen) atoms. The summed E-state index contributed by atoms with van der Waals surface area (Å²) in [5.41, 5.74) is 3.10. The van der Waals surface area contributed by atoms with Crippen LogP contribution < -0.4 is 0 Å². The second-order valence-corrected chi connectivity index (χ2v) is 7.33. The van der Waals surface area contributed by atoms with Gasteiger partial charge in [-0.25, -0.2) is 0 Å². The van der Waals surface area contributed by atoms with Gasteiger partial charge < -0.3 is 4.74 Å². The summed E-state index contributed by atoms with van der Waals surface area (Å²) in [5, 5.41) is 0. The van der Waals surface area contributed by atoms with Gasteiger partial charge in [0, 0.05) is 5.92 Å². The monoisotopic (exact) mass is 384 g/mol. The van der Waals surface area contributed by atoms with Crippen LogP contribution in [0.4, 0.5) is 0 Å². The molecule has 0 aromatic heterocycles. The second-order valence-electron chi connectivity index (χ2n) is 7.33. The molecule has 0 unspecified atom stereocenters. The molecule has 3 aromatic rings. The number of allylic oxidation sites excluding steroid dienone is 2. The maximum atomic E-state index is 12.7. The number of hydrogen-bond acceptors (Lipinski definition) is 2. The first kappa shape index (κ1) is 20.8. The molecule has 3 aromatic carbocycles. The average Bonchev–Trinajstić information content (AvgIpc) is 2.80. The van der Waals surface area contributed by atoms with Gasteiger partial charge in [-0.1, -0.05) is 104 Å². The van der Waals surface area contributed by atoms with Crippen molar-refractivity contribution in [3.63, 3.8) is 0 Å². The van der Waals surface area contributed by atoms with E-state index in [4.69, 9.17) is 4.74 Å². The molecule has 0 saturated heterocycles. The lowest BCUT2D eigenvalue weighted by Crippen LogP contribution is -2.35. The van der Waals surface area contributed by atoms with Gasteiger partial charge >= 0.3 is 0 Å². The zero-order chi connectivity index (χ0) is 20.7. The first-order valence-electron chi connectivity index (χ1n) is 10.1. The Morgan fingerprint density at radius 3 is 1.55 bits per heavy atom. The molecule has 0 heterocycles. The van der Waals surface area contributed by atoms with Crippen LogP contribution in [0.25, 0.3) is 0 Å². The van der Waals surface area contributed by atoms with E-state index >= 15 is 0 Å². The van der Waals surface area contributed by atoms with E-state index in [1.165, 1.54) is 0 Å². The van der Waals surface area contributed by atoms with Gasteiger partial charge in [0.1, 0.15) is 5.60 Å². The summed E-state index contributed by atoms with van der Waals surface area (Å²) < 4.78 is 6.72. The van der Waals surface area contributed by atoms with Gasteiger partial charge in [-0.15, -0.1) is 0 Å². The molecular formula is C27H28O2. The number of benzene rings is 3. The van der Waals surface area contributed by atoms with E-state index in [0.717, 1.165) is 22.3 Å². The molecule has 0 aliphatic carbocycles. The molecule has 3 rings (SSSR count). The van der Waals surface area contributed by atoms with Crippen LogP contribution in [0.3, 0.4) is 0 Å². The Kier molecular flexibility index (Phi) is 6.79. The number of ether oxygens (including phenoxy) is 1. The summed E-state index contributed by atoms with van der Waals surface area (Å²) in [7, 11) is 0. The van der Waals surface area contributed by atoms with Crippen molar-refractivity contribution in [2.45, 2.75) is 26.4 Å². The van der Waals surface area contributed by atoms with E-state index in [0.29, 0.717) is 6.61 Å². The van der Waals surface area contributed by atoms with E-state index in [2.05, 4.69) is 36.4 Å². The molecule has 0 aliphatic rings. The van der Waals surface area contributed by atoms with Crippen molar-refractivity contribution >= 4 is 5.78 Å². The second kappa shape index (κ2) is 9.49. The highest BCUT2D eigenvalue weighted by atomic mass is 16.5. The maximum Gasteiger partial charge on any atom is 0.163 e. The molecular weight excluding hydrogens is 356 g/mol. The van der Waals surface area contributed by atoms with Crippen LogP contribution in [0.5, 0.6) is 0 Å². The third-order valence-electron chi connectivity index (χ3n) is 5.36. The number of carbonyl (C=O) groups excluding carboxylic acids is 1. The SMILES string of the molecule is C/C=C(\C)C(=O)[C@@H](C)COC(c1ccccc1)(c1ccccc1)c1ccccc1. The largest absolute Gasteiger partial charge is 0.360 e. The minimum absolute atomic E-state index is 0.121. The van der Waals surface area contributed by atoms with Crippen LogP contribution in [0.2, 0.25) is 0 Å². The Bertz CT molecular complexity index is 847. The maximum absolute atomic E-state index is 12.7. The fourth-order valence-corrected chi connectivity index (χ4v) is 3.63. The van der Waals surface area contributed by atoms with Crippen LogP contribution in [0.15, 0.2) is 103 Å². The molecule has 1 atom stereocenters. The van der Waals surface area contributed by atoms with E-state index in [1.807, 2.05) is 81.4 Å². The summed E-state index contributed by atoms with van der Waals surface area (Å²) in [6.07, 6.45) is 1.86. The van der Waals surface area contributed by atoms with Crippen molar-refractivity contribution in [1.29, 1.82) is 0 Å². The van der Waals surface area contributed by atoms with Crippen molar-refractivity contribution in [3.05, 3.63) is 119 Å². The number of rotatable bonds is 8. The Hall–Kier alpha value is -2.97. The van der Waals surface area contributed by atoms with Gasteiger partial charge in [0.25, 0.3) is 0 Å². The van der Waals surface area contributed by atoms with Gasteiger partial charge in [-0.05, 0) is 36.1 Å². The van der Waals surface area contributed by atoms with Crippen LogP contribution in [0, 0.1) is 5.92 Å². The fraction of sp³-hybridized carbons (Fsp3) is 0.222. The van der Waals surface area contributed by atoms with E-state index in [9.17, 15) is 4.79 Å². The van der Waals surface area contributed by atoms with E-state index in [1.54, 1.807) is 0 Å². The zero-order valence-electron chi connectivity index (χ0n) is 17.3. The third kappa shape index (κ3) is 4.38. The topological polar surface area (TPSA) is 26.3 Å². The molecule has 0 radical (unpaired) electrons. The molecule has 0 amide bonds. The van der Waals surface area contributed by atoms with Crippen LogP contribution >= 0.6 is 0 Å². The van der Waals surface area contributed by atoms with Gasteiger partial charge in [0.05, 0.1) is 6.61 Å². The third-order valence-corrected chi connectivity index (χ3v) is 5.36. The molecule has 0 bridgehead atoms. The molecule has 2 nitrogen and oxygen atoms in total. The van der Waals surface area contributed by atoms with E-state index < -0.39 is 5.60 Å². The molecule has 0 aliphatic heterocycles. The lowest BCUT2D eigenvalue weighted by atomic mass is 9.80. The molecule has 148 valence electrons. The molecule has 0 fully saturated rings. The standard InChI is InChI=1S/C27H28O2/c1-4-21(2)26(28)22(3)20-29-27(23-14-8-5-9-15-23,24-16-10-6-11-17-24)25-18-12-7-13-19-25/h4-19,22H,20H2,1-3H3/b21-4+/t22-/m0/s1. The molecule has 0 spiro atoms. The number of hydrogen-bond donors (Lipinski definition) is 0. The molecule has 0 N–H and O–H groups in total. The van der Waals surface area contributed by atoms with Gasteiger partial charge in [0.15, 0.2) is 5.78 Å². The zero-order valence-corrected chi connectivity index (χ0v) is 17.3. The highest BCUT2D eigenvalue weighted by Crippen LogP contribution is 2.40. The van der Waals surface area contributed by atoms with Gasteiger partial charge in [-0.3, -0.25) is 4.79 Å². The summed E-state index contributed by atoms with van der Waals surface area (Å²) >= 11 is 0. The first-order valence-corrected chi connectivity index (χ1v) is 10.1. The summed E-state index contributed by atoms with van der Waals surface area (Å²) in [6, 6.07) is 30.7. The highest BCUT2D eigenvalue weighted by molar-refractivity contribution is 5.96. The van der Waals surface area contributed by atoms with E-state index in [-0.39, 0.29) is 11.7 Å². The van der Waals surface area contributed by atoms with Crippen molar-refractivity contribution in [2.24, 2.45) is 5.92 Å². The van der Waals surface area contributed by atoms with Gasteiger partial charge in [-0.2, -0.15) is 0 Å². The minimum Gasteiger partial charge on any atom is -0.360 e. The number of Topliss-reactive ketones (excluding diaryl/α,β-unsaturated/α-hetero) is 1. The lowest BCUT2D eigenvalue weighted by Gasteiger charge is -2.36. The summed E-state index contributed by atoms with van der Waals surface area (Å²) in [5.74, 6) is -0.114. The van der Waals surface area contributed by atoms with Crippen molar-refractivity contribution in [2.75, 3.05) is 6.61 Å². The Balaban J connectivity index is 2.11. The summed E-state index contributed by atoms with van der Waals surface area (Å²) in [4.78, 5) is 12.7. The quantitative estimate of drug-likeness (QED) is 0.343. The Labute approximate surface area is 173 Å².